The third kappa shape index (κ3) is 3.54. The summed E-state index contributed by atoms with van der Waals surface area (Å²) in [4.78, 5) is 19.0. The fraction of sp³-hybridized carbons (Fsp3) is 0.565. The molecule has 1 saturated heterocycles. The van der Waals surface area contributed by atoms with E-state index >= 15 is 0 Å². The summed E-state index contributed by atoms with van der Waals surface area (Å²) >= 11 is 0. The molecule has 6 heteroatoms. The fourth-order valence-corrected chi connectivity index (χ4v) is 4.60. The molecule has 0 radical (unpaired) electrons. The van der Waals surface area contributed by atoms with Gasteiger partial charge in [0, 0.05) is 20.0 Å². The van der Waals surface area contributed by atoms with E-state index in [-0.39, 0.29) is 11.5 Å². The van der Waals surface area contributed by atoms with Crippen molar-refractivity contribution < 1.29 is 18.7 Å². The summed E-state index contributed by atoms with van der Waals surface area (Å²) < 4.78 is 17.8. The second kappa shape index (κ2) is 7.17. The van der Waals surface area contributed by atoms with Crippen molar-refractivity contribution in [2.45, 2.75) is 51.6 Å². The zero-order valence-electron chi connectivity index (χ0n) is 17.2. The molecule has 1 amide bonds. The number of fused-ring (bicyclic) bond motifs is 2. The van der Waals surface area contributed by atoms with Gasteiger partial charge in [0.15, 0.2) is 5.89 Å². The largest absolute Gasteiger partial charge is 0.493 e. The molecule has 3 aliphatic rings. The van der Waals surface area contributed by atoms with Crippen molar-refractivity contribution in [1.82, 2.24) is 9.88 Å². The van der Waals surface area contributed by atoms with E-state index in [1.807, 2.05) is 11.8 Å². The van der Waals surface area contributed by atoms with Gasteiger partial charge in [-0.1, -0.05) is 6.07 Å². The molecule has 29 heavy (non-hydrogen) atoms. The third-order valence-corrected chi connectivity index (χ3v) is 6.46. The summed E-state index contributed by atoms with van der Waals surface area (Å²) in [6.07, 6.45) is 5.09. The average Bonchev–Trinajstić information content (AvgIpc) is 3.49. The molecule has 1 aromatic heterocycles. The Morgan fingerprint density at radius 2 is 2.07 bits per heavy atom. The van der Waals surface area contributed by atoms with Gasteiger partial charge in [0.05, 0.1) is 24.5 Å². The van der Waals surface area contributed by atoms with Gasteiger partial charge in [0.2, 0.25) is 5.76 Å². The molecule has 2 aromatic rings. The zero-order valence-corrected chi connectivity index (χ0v) is 17.2. The highest BCUT2D eigenvalue weighted by atomic mass is 16.5. The first-order chi connectivity index (χ1) is 14.0. The van der Waals surface area contributed by atoms with Crippen molar-refractivity contribution >= 4 is 5.91 Å². The zero-order chi connectivity index (χ0) is 20.0. The Kier molecular flexibility index (Phi) is 4.62. The number of hydrogen-bond acceptors (Lipinski definition) is 5. The topological polar surface area (TPSA) is 64.8 Å². The van der Waals surface area contributed by atoms with Crippen LogP contribution in [0.3, 0.4) is 0 Å². The number of likely N-dealkylation sites (tertiary alicyclic amines) is 1. The molecule has 2 fully saturated rings. The predicted octanol–water partition coefficient (Wildman–Crippen LogP) is 3.78. The summed E-state index contributed by atoms with van der Waals surface area (Å²) in [7, 11) is 0. The monoisotopic (exact) mass is 396 g/mol. The number of benzene rings is 1. The summed E-state index contributed by atoms with van der Waals surface area (Å²) in [5.74, 6) is 2.54. The Hall–Kier alpha value is -2.34. The van der Waals surface area contributed by atoms with E-state index in [1.54, 1.807) is 6.92 Å². The maximum Gasteiger partial charge on any atom is 0.291 e. The number of aromatic nitrogens is 1. The summed E-state index contributed by atoms with van der Waals surface area (Å²) in [5.41, 5.74) is 2.95. The van der Waals surface area contributed by atoms with E-state index in [4.69, 9.17) is 13.9 Å². The number of nitrogens with zero attached hydrogens (tertiary/aromatic N) is 2. The first kappa shape index (κ1) is 18.7. The molecule has 5 rings (SSSR count). The minimum atomic E-state index is -0.300. The highest BCUT2D eigenvalue weighted by Gasteiger charge is 2.42. The van der Waals surface area contributed by atoms with Crippen molar-refractivity contribution in [1.29, 1.82) is 0 Å². The van der Waals surface area contributed by atoms with E-state index in [0.717, 1.165) is 37.5 Å². The van der Waals surface area contributed by atoms with E-state index in [2.05, 4.69) is 23.2 Å². The second-order valence-corrected chi connectivity index (χ2v) is 8.61. The SMILES string of the molecule is Cc1nc(C)c(C(=O)N2CCC3(CC2)OCCc2cc(OCC4CC4)ccc23)o1. The molecule has 1 aromatic carbocycles. The van der Waals surface area contributed by atoms with Gasteiger partial charge < -0.3 is 18.8 Å². The van der Waals surface area contributed by atoms with Crippen LogP contribution in [0.2, 0.25) is 0 Å². The molecule has 3 heterocycles. The van der Waals surface area contributed by atoms with Crippen LogP contribution in [0.5, 0.6) is 5.75 Å². The molecular formula is C23H28N2O4. The molecule has 0 atom stereocenters. The molecular weight excluding hydrogens is 368 g/mol. The van der Waals surface area contributed by atoms with Gasteiger partial charge in [-0.05, 0) is 68.2 Å². The number of carbonyl (C=O) groups is 1. The first-order valence-corrected chi connectivity index (χ1v) is 10.7. The van der Waals surface area contributed by atoms with Crippen molar-refractivity contribution in [3.63, 3.8) is 0 Å². The number of amides is 1. The van der Waals surface area contributed by atoms with Gasteiger partial charge in [-0.3, -0.25) is 4.79 Å². The van der Waals surface area contributed by atoms with Gasteiger partial charge >= 0.3 is 0 Å². The van der Waals surface area contributed by atoms with E-state index in [1.165, 1.54) is 24.0 Å². The quantitative estimate of drug-likeness (QED) is 0.787. The number of aryl methyl sites for hydroxylation is 2. The van der Waals surface area contributed by atoms with Gasteiger partial charge in [0.1, 0.15) is 5.75 Å². The Bertz CT molecular complexity index is 923. The maximum absolute atomic E-state index is 12.9. The molecule has 1 aliphatic carbocycles. The number of ether oxygens (including phenoxy) is 2. The lowest BCUT2D eigenvalue weighted by atomic mass is 9.79. The number of oxazole rings is 1. The Morgan fingerprint density at radius 1 is 1.28 bits per heavy atom. The standard InChI is InChI=1S/C23H28N2O4/c1-15-21(29-16(2)24-15)22(26)25-10-8-23(9-11-25)20-6-5-19(27-14-17-3-4-17)13-18(20)7-12-28-23/h5-6,13,17H,3-4,7-12,14H2,1-2H3. The molecule has 0 bridgehead atoms. The molecule has 6 nitrogen and oxygen atoms in total. The highest BCUT2D eigenvalue weighted by molar-refractivity contribution is 5.92. The number of rotatable bonds is 4. The third-order valence-electron chi connectivity index (χ3n) is 6.46. The van der Waals surface area contributed by atoms with Gasteiger partial charge in [0.25, 0.3) is 5.91 Å². The molecule has 2 aliphatic heterocycles. The first-order valence-electron chi connectivity index (χ1n) is 10.7. The van der Waals surface area contributed by atoms with Crippen LogP contribution in [0.1, 0.15) is 58.9 Å². The van der Waals surface area contributed by atoms with Crippen LogP contribution >= 0.6 is 0 Å². The lowest BCUT2D eigenvalue weighted by Crippen LogP contribution is -2.48. The van der Waals surface area contributed by atoms with Crippen molar-refractivity contribution in [2.24, 2.45) is 5.92 Å². The number of piperidine rings is 1. The minimum Gasteiger partial charge on any atom is -0.493 e. The summed E-state index contributed by atoms with van der Waals surface area (Å²) in [6, 6.07) is 6.45. The smallest absolute Gasteiger partial charge is 0.291 e. The van der Waals surface area contributed by atoms with Crippen molar-refractivity contribution in [3.8, 4) is 5.75 Å². The van der Waals surface area contributed by atoms with Crippen molar-refractivity contribution in [2.75, 3.05) is 26.3 Å². The summed E-state index contributed by atoms with van der Waals surface area (Å²) in [6.45, 7) is 6.43. The predicted molar refractivity (Wildman–Crippen MR) is 107 cm³/mol. The summed E-state index contributed by atoms with van der Waals surface area (Å²) in [5, 5.41) is 0. The van der Waals surface area contributed by atoms with E-state index < -0.39 is 0 Å². The van der Waals surface area contributed by atoms with Crippen molar-refractivity contribution in [3.05, 3.63) is 46.7 Å². The molecule has 1 spiro atoms. The molecule has 0 unspecified atom stereocenters. The number of hydrogen-bond donors (Lipinski definition) is 0. The Labute approximate surface area is 171 Å². The van der Waals surface area contributed by atoms with E-state index in [0.29, 0.717) is 37.0 Å². The van der Waals surface area contributed by atoms with Crippen LogP contribution in [0.15, 0.2) is 22.6 Å². The Morgan fingerprint density at radius 3 is 2.76 bits per heavy atom. The number of carbonyl (C=O) groups excluding carboxylic acids is 1. The van der Waals surface area contributed by atoms with Crippen LogP contribution < -0.4 is 4.74 Å². The lowest BCUT2D eigenvalue weighted by Gasteiger charge is -2.45. The van der Waals surface area contributed by atoms with Gasteiger partial charge in [-0.25, -0.2) is 4.98 Å². The van der Waals surface area contributed by atoms with Gasteiger partial charge in [-0.15, -0.1) is 0 Å². The minimum absolute atomic E-state index is 0.0715. The second-order valence-electron chi connectivity index (χ2n) is 8.61. The van der Waals surface area contributed by atoms with Crippen LogP contribution in [0.25, 0.3) is 0 Å². The molecule has 1 saturated carbocycles. The lowest BCUT2D eigenvalue weighted by molar-refractivity contribution is -0.0937. The van der Waals surface area contributed by atoms with Crippen LogP contribution in [0.4, 0.5) is 0 Å². The van der Waals surface area contributed by atoms with Crippen LogP contribution in [-0.2, 0) is 16.8 Å². The highest BCUT2D eigenvalue weighted by Crippen LogP contribution is 2.43. The Balaban J connectivity index is 1.30. The normalized spacial score (nSPS) is 20.6. The van der Waals surface area contributed by atoms with E-state index in [9.17, 15) is 4.79 Å². The van der Waals surface area contributed by atoms with Crippen LogP contribution in [0, 0.1) is 19.8 Å². The van der Waals surface area contributed by atoms with Crippen LogP contribution in [-0.4, -0.2) is 42.1 Å². The average molecular weight is 396 g/mol. The molecule has 154 valence electrons. The maximum atomic E-state index is 12.9. The molecule has 0 N–H and O–H groups in total. The van der Waals surface area contributed by atoms with Gasteiger partial charge in [-0.2, -0.15) is 0 Å². The fourth-order valence-electron chi connectivity index (χ4n) is 4.60.